The van der Waals surface area contributed by atoms with E-state index in [2.05, 4.69) is 47.3 Å². The van der Waals surface area contributed by atoms with E-state index in [1.807, 2.05) is 135 Å². The highest BCUT2D eigenvalue weighted by Gasteiger charge is 2.50. The van der Waals surface area contributed by atoms with Gasteiger partial charge in [-0.3, -0.25) is 19.6 Å². The van der Waals surface area contributed by atoms with Crippen LogP contribution in [-0.2, 0) is 26.2 Å². The zero-order valence-corrected chi connectivity index (χ0v) is 60.9. The molecule has 0 aromatic heterocycles. The van der Waals surface area contributed by atoms with E-state index in [0.717, 1.165) is 22.3 Å². The Morgan fingerprint density at radius 1 is 0.292 bits per heavy atom. The number of hydrogen-bond donors (Lipinski definition) is 4. The molecule has 0 saturated carbocycles. The topological polar surface area (TPSA) is 236 Å². The van der Waals surface area contributed by atoms with Crippen LogP contribution in [0.1, 0.15) is 280 Å². The molecule has 4 unspecified atom stereocenters. The molecule has 4 saturated heterocycles. The van der Waals surface area contributed by atoms with Gasteiger partial charge in [-0.1, -0.05) is 27.7 Å². The van der Waals surface area contributed by atoms with Gasteiger partial charge in [-0.15, -0.1) is 0 Å². The van der Waals surface area contributed by atoms with Gasteiger partial charge >= 0.3 is 0 Å². The minimum atomic E-state index is -0.678. The molecule has 8 heterocycles. The second kappa shape index (κ2) is 23.2. The molecule has 4 fully saturated rings. The van der Waals surface area contributed by atoms with Crippen LogP contribution in [-0.4, -0.2) is 156 Å². The molecule has 0 spiro atoms. The van der Waals surface area contributed by atoms with Gasteiger partial charge in [-0.25, -0.2) is 0 Å². The molecular weight excluding hydrogens is 1220 g/mol. The van der Waals surface area contributed by atoms with Crippen molar-refractivity contribution in [2.45, 2.75) is 308 Å². The van der Waals surface area contributed by atoms with Crippen molar-refractivity contribution in [2.75, 3.05) is 26.9 Å². The Kier molecular flexibility index (Phi) is 16.7. The summed E-state index contributed by atoms with van der Waals surface area (Å²) in [5.41, 5.74) is 2.33. The third-order valence-electron chi connectivity index (χ3n) is 24.6. The first-order chi connectivity index (χ1) is 44.5. The molecule has 13 rings (SSSR count). The number of ether oxygens (including phenoxy) is 4. The Morgan fingerprint density at radius 2 is 0.448 bits per heavy atom. The van der Waals surface area contributed by atoms with Crippen molar-refractivity contribution in [3.05, 3.63) is 112 Å². The molecule has 96 heavy (non-hydrogen) atoms. The highest BCUT2D eigenvalue weighted by atomic mass is 16.5. The van der Waals surface area contributed by atoms with Crippen LogP contribution in [0, 0.1) is 20.8 Å². The lowest BCUT2D eigenvalue weighted by molar-refractivity contribution is -0.0571. The number of nitrogens with zero attached hydrogens (tertiary/aromatic N) is 8. The molecule has 0 radical (unpaired) electrons. The maximum Gasteiger partial charge on any atom is 0.142 e. The average Bonchev–Trinajstić information content (AvgIpc) is 0.727. The summed E-state index contributed by atoms with van der Waals surface area (Å²) in [6.45, 7) is 42.2. The van der Waals surface area contributed by atoms with E-state index in [0.29, 0.717) is 145 Å². The normalized spacial score (nSPS) is 28.8. The van der Waals surface area contributed by atoms with Crippen molar-refractivity contribution in [2.24, 2.45) is 0 Å². The zero-order chi connectivity index (χ0) is 69.8. The molecule has 4 aromatic carbocycles. The quantitative estimate of drug-likeness (QED) is 0.149. The molecule has 0 amide bonds. The number of benzene rings is 4. The maximum atomic E-state index is 13.8. The lowest BCUT2D eigenvalue weighted by Gasteiger charge is -2.61. The number of rotatable bonds is 4. The van der Waals surface area contributed by atoms with Crippen molar-refractivity contribution in [1.82, 2.24) is 39.9 Å². The summed E-state index contributed by atoms with van der Waals surface area (Å²) in [5.74, 6) is -0.0419. The number of piperidine rings is 4. The van der Waals surface area contributed by atoms with E-state index >= 15 is 0 Å². The van der Waals surface area contributed by atoms with Crippen molar-refractivity contribution in [3.63, 3.8) is 0 Å². The lowest BCUT2D eigenvalue weighted by Crippen LogP contribution is -2.62. The van der Waals surface area contributed by atoms with Crippen LogP contribution >= 0.6 is 0 Å². The van der Waals surface area contributed by atoms with E-state index in [-0.39, 0.29) is 74.1 Å². The van der Waals surface area contributed by atoms with Gasteiger partial charge in [0.15, 0.2) is 0 Å². The molecule has 9 aliphatic rings. The Morgan fingerprint density at radius 3 is 0.604 bits per heavy atom. The third-order valence-corrected chi connectivity index (χ3v) is 24.6. The Balaban J connectivity index is 1.03. The predicted molar refractivity (Wildman–Crippen MR) is 372 cm³/mol. The van der Waals surface area contributed by atoms with E-state index < -0.39 is 68.0 Å². The van der Waals surface area contributed by atoms with Gasteiger partial charge in [0.1, 0.15) is 72.9 Å². The minimum absolute atomic E-state index is 0.0626. The van der Waals surface area contributed by atoms with Crippen LogP contribution in [0.2, 0.25) is 0 Å². The van der Waals surface area contributed by atoms with Gasteiger partial charge in [0.2, 0.25) is 0 Å². The summed E-state index contributed by atoms with van der Waals surface area (Å²) in [6.07, 6.45) is 4.63. The number of aromatic hydroxyl groups is 4. The summed E-state index contributed by atoms with van der Waals surface area (Å²) in [5, 5.41) is 114. The monoisotopic (exact) mass is 1320 g/mol. The van der Waals surface area contributed by atoms with Crippen molar-refractivity contribution >= 4 is 0 Å². The fourth-order valence-corrected chi connectivity index (χ4v) is 20.0. The second-order valence-electron chi connectivity index (χ2n) is 35.7. The molecule has 20 heteroatoms. The first-order valence-electron chi connectivity index (χ1n) is 35.4. The first kappa shape index (κ1) is 69.3. The molecule has 4 atom stereocenters. The van der Waals surface area contributed by atoms with E-state index in [4.69, 9.17) is 18.9 Å². The second-order valence-corrected chi connectivity index (χ2v) is 35.7. The molecule has 8 bridgehead atoms. The molecule has 20 nitrogen and oxygen atoms in total. The standard InChI is InChI=1S/C76H108N8O12/c1-41-49-21-54(66-57(61(49)85)33-77(38-94-66)45-25-69(5,6)81(89)70(7,8)26-45)43(3)51-23-56(68-59(63(51)87)35-79(40-96-68)47-29-73(13,14)83(91)74(15,16)30-47)44(4)52-24-55(67-60(64(52)88)36-80(39-95-67)48-31-75(17,18)84(92)76(19,20)32-48)42(2)50-22-53(41)65-58(62(50)86)34-78(37-93-65)46-27-71(9,10)82(90)72(11,12)28-46/h21-24,41-48,85-88H,25-40H2,1-20H3/q-4. The Hall–Kier alpha value is -5.20. The van der Waals surface area contributed by atoms with Crippen LogP contribution in [0.4, 0.5) is 0 Å². The summed E-state index contributed by atoms with van der Waals surface area (Å²) in [4.78, 5) is 8.98. The number of hydrogen-bond acceptors (Lipinski definition) is 20. The molecule has 1 aliphatic carbocycles. The minimum Gasteiger partial charge on any atom is -0.784 e. The molecule has 8 aliphatic heterocycles. The van der Waals surface area contributed by atoms with Crippen molar-refractivity contribution < 1.29 is 39.4 Å². The SMILES string of the molecule is CC1c2cc(c3c(c2O)CN(C2CC(C)(C)N([O-])C(C)(C)C2)CO3)C(C)c2cc(c3c(c2O)CN(C2CC(C)(C)N([O-])C(C)(C)C2)CO3)C(C)c2cc(c3c(c2O)CN(C2CC(C)(C)N([O-])C(C)(C)C2)CO3)C(C)c2cc1c1c(c2O)CN(C2CC(C)(C)N([O-])C(C)(C)C2)CO1. The number of hydroxylamine groups is 8. The number of phenolic OH excluding ortho intramolecular Hbond substituents is 4. The zero-order valence-electron chi connectivity index (χ0n) is 60.9. The lowest BCUT2D eigenvalue weighted by atomic mass is 9.76. The van der Waals surface area contributed by atoms with Gasteiger partial charge in [-0.2, -0.15) is 0 Å². The van der Waals surface area contributed by atoms with Crippen LogP contribution in [0.3, 0.4) is 0 Å². The van der Waals surface area contributed by atoms with Crippen LogP contribution in [0.5, 0.6) is 46.0 Å². The van der Waals surface area contributed by atoms with Crippen molar-refractivity contribution in [1.29, 1.82) is 0 Å². The summed E-state index contributed by atoms with van der Waals surface area (Å²) < 4.78 is 28.3. The first-order valence-corrected chi connectivity index (χ1v) is 35.4. The van der Waals surface area contributed by atoms with E-state index in [1.165, 1.54) is 20.3 Å². The van der Waals surface area contributed by atoms with Gasteiger partial charge in [-0.05, 0) is 186 Å². The largest absolute Gasteiger partial charge is 0.784 e. The summed E-state index contributed by atoms with van der Waals surface area (Å²) in [7, 11) is 0. The van der Waals surface area contributed by atoms with Gasteiger partial charge in [0.05, 0.1) is 22.3 Å². The summed E-state index contributed by atoms with van der Waals surface area (Å²) in [6, 6.07) is 7.84. The van der Waals surface area contributed by atoms with Crippen LogP contribution < -0.4 is 18.9 Å². The average molecular weight is 1330 g/mol. The fourth-order valence-electron chi connectivity index (χ4n) is 20.0. The van der Waals surface area contributed by atoms with E-state index in [1.54, 1.807) is 0 Å². The van der Waals surface area contributed by atoms with Crippen molar-refractivity contribution in [3.8, 4) is 46.0 Å². The highest BCUT2D eigenvalue weighted by molar-refractivity contribution is 5.68. The van der Waals surface area contributed by atoms with Crippen LogP contribution in [0.25, 0.3) is 0 Å². The van der Waals surface area contributed by atoms with Gasteiger partial charge in [0, 0.05) is 163 Å². The maximum absolute atomic E-state index is 13.8. The third kappa shape index (κ3) is 11.2. The highest BCUT2D eigenvalue weighted by Crippen LogP contribution is 2.58. The number of phenols is 4. The Bertz CT molecular complexity index is 3200. The molecule has 528 valence electrons. The van der Waals surface area contributed by atoms with Gasteiger partial charge < -0.3 is 80.5 Å². The fraction of sp³-hybridized carbons (Fsp3) is 0.684. The summed E-state index contributed by atoms with van der Waals surface area (Å²) >= 11 is 0. The molecule has 4 aromatic rings. The van der Waals surface area contributed by atoms with Crippen LogP contribution in [0.15, 0.2) is 24.3 Å². The smallest absolute Gasteiger partial charge is 0.142 e. The van der Waals surface area contributed by atoms with Gasteiger partial charge in [0.25, 0.3) is 0 Å². The number of fused-ring (bicyclic) bond motifs is 16. The molecular formula is C76H108N8O12-4. The van der Waals surface area contributed by atoms with E-state index in [9.17, 15) is 41.3 Å². The molecule has 4 N–H and O–H groups in total. The predicted octanol–water partition coefficient (Wildman–Crippen LogP) is 14.1. The Labute approximate surface area is 569 Å².